The number of H-pyrrole nitrogens is 2. The third kappa shape index (κ3) is 12.3. The number of aryl methyl sites for hydroxylation is 2. The predicted octanol–water partition coefficient (Wildman–Crippen LogP) is 10.8. The Kier molecular flexibility index (Phi) is 15.6. The highest BCUT2D eigenvalue weighted by molar-refractivity contribution is 5.97. The van der Waals surface area contributed by atoms with Crippen molar-refractivity contribution in [3.05, 3.63) is 154 Å². The number of aromatic amines is 2. The summed E-state index contributed by atoms with van der Waals surface area (Å²) in [7, 11) is 3.52. The monoisotopic (exact) mass is 1030 g/mol. The fraction of sp³-hybridized carbons (Fsp3) is 0.350. The van der Waals surface area contributed by atoms with Crippen LogP contribution in [0.2, 0.25) is 0 Å². The van der Waals surface area contributed by atoms with E-state index < -0.39 is 5.60 Å². The van der Waals surface area contributed by atoms with Gasteiger partial charge in [-0.1, -0.05) is 48.5 Å². The molecule has 396 valence electrons. The number of carbonyl (C=O) groups excluding carboxylic acids is 1. The van der Waals surface area contributed by atoms with E-state index in [1.54, 1.807) is 34.3 Å². The topological polar surface area (TPSA) is 164 Å². The number of piperidine rings is 2. The summed E-state index contributed by atoms with van der Waals surface area (Å²) in [6.07, 6.45) is 8.64. The summed E-state index contributed by atoms with van der Waals surface area (Å²) in [5, 5.41) is 1.67. The molecule has 0 unspecified atom stereocenters. The molecule has 0 radical (unpaired) electrons. The predicted molar refractivity (Wildman–Crippen MR) is 293 cm³/mol. The van der Waals surface area contributed by atoms with Gasteiger partial charge < -0.3 is 57.2 Å². The van der Waals surface area contributed by atoms with E-state index in [-0.39, 0.29) is 29.4 Å². The maximum Gasteiger partial charge on any atom is 0.410 e. The molecule has 2 aliphatic heterocycles. The number of fused-ring (bicyclic) bond motifs is 2. The van der Waals surface area contributed by atoms with Gasteiger partial charge in [0.05, 0.1) is 25.4 Å². The van der Waals surface area contributed by atoms with Crippen LogP contribution < -0.4 is 30.1 Å². The van der Waals surface area contributed by atoms with Crippen LogP contribution in [0.25, 0.3) is 44.1 Å². The summed E-state index contributed by atoms with van der Waals surface area (Å²) in [5.41, 5.74) is 4.87. The Hall–Kier alpha value is -7.79. The van der Waals surface area contributed by atoms with Crippen molar-refractivity contribution in [2.24, 2.45) is 14.1 Å². The summed E-state index contributed by atoms with van der Waals surface area (Å²) in [4.78, 5) is 49.4. The Morgan fingerprint density at radius 2 is 1.09 bits per heavy atom. The highest BCUT2D eigenvalue weighted by Crippen LogP contribution is 2.39. The van der Waals surface area contributed by atoms with Gasteiger partial charge >= 0.3 is 6.09 Å². The number of rotatable bonds is 18. The average Bonchev–Trinajstić information content (AvgIpc) is 4.10. The minimum absolute atomic E-state index is 0.0565. The second-order valence-electron chi connectivity index (χ2n) is 20.5. The molecular formula is C60H66N6O10. The second kappa shape index (κ2) is 23.0. The number of para-hydroxylation sites is 2. The Morgan fingerprint density at radius 3 is 1.66 bits per heavy atom. The summed E-state index contributed by atoms with van der Waals surface area (Å²) in [5.74, 6) is 3.90. The van der Waals surface area contributed by atoms with Crippen molar-refractivity contribution in [2.75, 3.05) is 52.6 Å². The fourth-order valence-electron chi connectivity index (χ4n) is 9.99. The van der Waals surface area contributed by atoms with Crippen molar-refractivity contribution in [1.29, 1.82) is 0 Å². The average molecular weight is 1030 g/mol. The van der Waals surface area contributed by atoms with Crippen molar-refractivity contribution >= 4 is 27.9 Å². The standard InChI is InChI=1S/C60H66N6O10/c1-60(2,3)76-59(69)66-28-23-42(24-29-66)71-31-33-73-44-13-11-15-46(36-44)75-54-19-9-7-17-48(54)52-39-64(5)58(68)56-50(52)34-40(62-56)37-65-26-21-41(22-27-65)70-30-32-72-43-12-10-14-45(35-43)74-53-18-8-6-16-47(53)51-38-63(4)57(67)55-49(51)20-25-61-55/h6-20,25,34-36,38-39,41-42,61-62H,21-24,26-33,37H2,1-5H3. The number of likely N-dealkylation sites (tertiary alicyclic amines) is 2. The molecule has 2 aliphatic rings. The third-order valence-corrected chi connectivity index (χ3v) is 13.8. The zero-order valence-corrected chi connectivity index (χ0v) is 43.8. The highest BCUT2D eigenvalue weighted by atomic mass is 16.6. The number of nitrogens with one attached hydrogen (secondary N) is 2. The van der Waals surface area contributed by atoms with Crippen molar-refractivity contribution in [3.63, 3.8) is 0 Å². The molecule has 2 fully saturated rings. The molecule has 76 heavy (non-hydrogen) atoms. The normalized spacial score (nSPS) is 14.8. The van der Waals surface area contributed by atoms with Crippen LogP contribution in [0.4, 0.5) is 4.79 Å². The van der Waals surface area contributed by atoms with Gasteiger partial charge in [-0.05, 0) is 95.0 Å². The molecule has 0 atom stereocenters. The first-order valence-electron chi connectivity index (χ1n) is 26.1. The minimum atomic E-state index is -0.520. The number of aromatic nitrogens is 4. The van der Waals surface area contributed by atoms with Crippen LogP contribution in [-0.2, 0) is 34.9 Å². The summed E-state index contributed by atoms with van der Waals surface area (Å²) in [6.45, 7) is 10.8. The number of hydrogen-bond donors (Lipinski definition) is 2. The molecule has 16 nitrogen and oxygen atoms in total. The number of carbonyl (C=O) groups is 1. The molecule has 10 rings (SSSR count). The van der Waals surface area contributed by atoms with Gasteiger partial charge in [-0.3, -0.25) is 14.5 Å². The van der Waals surface area contributed by atoms with Gasteiger partial charge in [0.1, 0.15) is 64.3 Å². The number of pyridine rings is 2. The van der Waals surface area contributed by atoms with Crippen LogP contribution in [0.15, 0.2) is 137 Å². The van der Waals surface area contributed by atoms with Crippen molar-refractivity contribution in [2.45, 2.75) is 70.8 Å². The Morgan fingerprint density at radius 1 is 0.579 bits per heavy atom. The second-order valence-corrected chi connectivity index (χ2v) is 20.5. The molecule has 6 heterocycles. The maximum atomic E-state index is 13.6. The smallest absolute Gasteiger partial charge is 0.410 e. The SMILES string of the molecule is Cn1cc(-c2ccccc2Oc2cccc(OCCOC3CCN(Cc4cc5c(-c6ccccc6Oc6cccc(OCCOC7CCN(C(=O)OC(C)(C)C)CC7)c6)cn(C)c(=O)c5[nH]4)CC3)c2)c2cc[nH]c2c1=O. The molecule has 4 aromatic heterocycles. The molecule has 4 aromatic carbocycles. The first-order chi connectivity index (χ1) is 36.8. The quantitative estimate of drug-likeness (QED) is 0.0786. The molecule has 8 aromatic rings. The lowest BCUT2D eigenvalue weighted by molar-refractivity contribution is -0.0177. The van der Waals surface area contributed by atoms with Crippen molar-refractivity contribution in [3.8, 4) is 56.8 Å². The Labute approximate surface area is 441 Å². The first-order valence-corrected chi connectivity index (χ1v) is 26.1. The minimum Gasteiger partial charge on any atom is -0.491 e. The van der Waals surface area contributed by atoms with Gasteiger partial charge in [-0.2, -0.15) is 0 Å². The lowest BCUT2D eigenvalue weighted by Gasteiger charge is -2.33. The lowest BCUT2D eigenvalue weighted by atomic mass is 10.0. The van der Waals surface area contributed by atoms with Gasteiger partial charge in [0.25, 0.3) is 11.1 Å². The first kappa shape index (κ1) is 51.7. The van der Waals surface area contributed by atoms with Crippen LogP contribution in [0.3, 0.4) is 0 Å². The van der Waals surface area contributed by atoms with E-state index in [2.05, 4.69) is 20.9 Å². The van der Waals surface area contributed by atoms with E-state index in [0.29, 0.717) is 91.6 Å². The maximum absolute atomic E-state index is 13.6. The van der Waals surface area contributed by atoms with Crippen LogP contribution in [-0.4, -0.2) is 105 Å². The molecule has 0 aliphatic carbocycles. The zero-order chi connectivity index (χ0) is 52.8. The van der Waals surface area contributed by atoms with E-state index in [1.165, 1.54) is 0 Å². The fourth-order valence-corrected chi connectivity index (χ4v) is 9.99. The van der Waals surface area contributed by atoms with Crippen molar-refractivity contribution < 1.29 is 38.0 Å². The van der Waals surface area contributed by atoms with Gasteiger partial charge in [-0.15, -0.1) is 0 Å². The van der Waals surface area contributed by atoms with Crippen LogP contribution in [0.1, 0.15) is 52.1 Å². The summed E-state index contributed by atoms with van der Waals surface area (Å²) < 4.78 is 46.3. The molecule has 2 saturated heterocycles. The number of nitrogens with zero attached hydrogens (tertiary/aromatic N) is 4. The lowest BCUT2D eigenvalue weighted by Crippen LogP contribution is -2.43. The van der Waals surface area contributed by atoms with Crippen LogP contribution >= 0.6 is 0 Å². The molecular weight excluding hydrogens is 965 g/mol. The van der Waals surface area contributed by atoms with Gasteiger partial charge in [-0.25, -0.2) is 4.79 Å². The van der Waals surface area contributed by atoms with E-state index >= 15 is 0 Å². The molecule has 0 bridgehead atoms. The summed E-state index contributed by atoms with van der Waals surface area (Å²) in [6, 6.07) is 34.8. The van der Waals surface area contributed by atoms with E-state index in [1.807, 2.05) is 136 Å². The Bertz CT molecular complexity index is 3430. The largest absolute Gasteiger partial charge is 0.491 e. The van der Waals surface area contributed by atoms with Gasteiger partial charge in [0.15, 0.2) is 0 Å². The molecule has 0 saturated carbocycles. The highest BCUT2D eigenvalue weighted by Gasteiger charge is 2.28. The number of amides is 1. The Balaban J connectivity index is 0.697. The summed E-state index contributed by atoms with van der Waals surface area (Å²) >= 11 is 0. The number of ether oxygens (including phenoxy) is 7. The third-order valence-electron chi connectivity index (χ3n) is 13.8. The molecule has 0 spiro atoms. The van der Waals surface area contributed by atoms with E-state index in [9.17, 15) is 14.4 Å². The molecule has 16 heteroatoms. The van der Waals surface area contributed by atoms with Crippen LogP contribution in [0, 0.1) is 0 Å². The van der Waals surface area contributed by atoms with Gasteiger partial charge in [0, 0.05) is 116 Å². The van der Waals surface area contributed by atoms with E-state index in [4.69, 9.17) is 33.2 Å². The molecule has 2 N–H and O–H groups in total. The van der Waals surface area contributed by atoms with Crippen molar-refractivity contribution in [1.82, 2.24) is 28.9 Å². The molecule has 1 amide bonds. The van der Waals surface area contributed by atoms with Crippen LogP contribution in [0.5, 0.6) is 34.5 Å². The van der Waals surface area contributed by atoms with Gasteiger partial charge in [0.2, 0.25) is 0 Å². The zero-order valence-electron chi connectivity index (χ0n) is 43.8. The van der Waals surface area contributed by atoms with E-state index in [0.717, 1.165) is 77.5 Å². The number of benzene rings is 4. The number of hydrogen-bond acceptors (Lipinski definition) is 11.